The van der Waals surface area contributed by atoms with E-state index >= 15 is 0 Å². The summed E-state index contributed by atoms with van der Waals surface area (Å²) in [5, 5.41) is 0. The zero-order valence-corrected chi connectivity index (χ0v) is 15.0. The summed E-state index contributed by atoms with van der Waals surface area (Å²) >= 11 is 0. The quantitative estimate of drug-likeness (QED) is 0.833. The van der Waals surface area contributed by atoms with Crippen molar-refractivity contribution in [1.29, 1.82) is 0 Å². The van der Waals surface area contributed by atoms with Crippen LogP contribution in [0.3, 0.4) is 0 Å². The highest BCUT2D eigenvalue weighted by Crippen LogP contribution is 2.16. The molecule has 5 heteroatoms. The molecule has 0 bridgehead atoms. The predicted molar refractivity (Wildman–Crippen MR) is 94.2 cm³/mol. The van der Waals surface area contributed by atoms with E-state index in [0.29, 0.717) is 37.7 Å². The largest absolute Gasteiger partial charge is 0.494 e. The van der Waals surface area contributed by atoms with Crippen LogP contribution in [0.25, 0.3) is 0 Å². The summed E-state index contributed by atoms with van der Waals surface area (Å²) in [5.41, 5.74) is 0.669. The lowest BCUT2D eigenvalue weighted by atomic mass is 10.1. The Morgan fingerprint density at radius 2 is 1.67 bits per heavy atom. The van der Waals surface area contributed by atoms with E-state index < -0.39 is 0 Å². The van der Waals surface area contributed by atoms with Gasteiger partial charge in [0.25, 0.3) is 5.91 Å². The van der Waals surface area contributed by atoms with Crippen molar-refractivity contribution in [2.75, 3.05) is 32.8 Å². The molecular weight excluding hydrogens is 304 g/mol. The lowest BCUT2D eigenvalue weighted by Crippen LogP contribution is -2.36. The Morgan fingerprint density at radius 1 is 1.04 bits per heavy atom. The topological polar surface area (TPSA) is 49.9 Å². The summed E-state index contributed by atoms with van der Waals surface area (Å²) in [6.45, 7) is 9.21. The van der Waals surface area contributed by atoms with Gasteiger partial charge in [-0.3, -0.25) is 9.59 Å². The van der Waals surface area contributed by atoms with Gasteiger partial charge in [-0.15, -0.1) is 0 Å². The van der Waals surface area contributed by atoms with E-state index in [1.807, 2.05) is 29.2 Å². The molecule has 1 aliphatic rings. The van der Waals surface area contributed by atoms with Crippen LogP contribution >= 0.6 is 0 Å². The minimum absolute atomic E-state index is 0.0223. The third-order valence-electron chi connectivity index (χ3n) is 4.29. The lowest BCUT2D eigenvalue weighted by molar-refractivity contribution is -0.128. The van der Waals surface area contributed by atoms with Gasteiger partial charge in [0.1, 0.15) is 5.75 Å². The van der Waals surface area contributed by atoms with Gasteiger partial charge in [0.05, 0.1) is 6.61 Å². The Labute approximate surface area is 144 Å². The molecule has 1 aromatic rings. The molecule has 1 aliphatic heterocycles. The van der Waals surface area contributed by atoms with E-state index in [9.17, 15) is 9.59 Å². The highest BCUT2D eigenvalue weighted by Gasteiger charge is 2.21. The fourth-order valence-electron chi connectivity index (χ4n) is 2.72. The molecule has 132 valence electrons. The second-order valence-electron chi connectivity index (χ2n) is 6.71. The van der Waals surface area contributed by atoms with Crippen LogP contribution < -0.4 is 4.74 Å². The highest BCUT2D eigenvalue weighted by molar-refractivity contribution is 5.94. The smallest absolute Gasteiger partial charge is 0.253 e. The molecule has 1 heterocycles. The fraction of sp³-hybridized carbons (Fsp3) is 0.579. The Balaban J connectivity index is 1.91. The summed E-state index contributed by atoms with van der Waals surface area (Å²) < 4.78 is 5.69. The van der Waals surface area contributed by atoms with Crippen LogP contribution in [0.1, 0.15) is 44.0 Å². The summed E-state index contributed by atoms with van der Waals surface area (Å²) in [6.07, 6.45) is 1.84. The summed E-state index contributed by atoms with van der Waals surface area (Å²) in [4.78, 5) is 27.7. The maximum absolute atomic E-state index is 12.6. The second-order valence-corrected chi connectivity index (χ2v) is 6.71. The van der Waals surface area contributed by atoms with E-state index in [1.165, 1.54) is 0 Å². The molecule has 0 saturated carbocycles. The Kier molecular flexibility index (Phi) is 6.64. The van der Waals surface area contributed by atoms with Crippen LogP contribution in [-0.2, 0) is 4.79 Å². The van der Waals surface area contributed by atoms with Crippen molar-refractivity contribution in [1.82, 2.24) is 9.80 Å². The number of hydrogen-bond donors (Lipinski definition) is 0. The Bertz CT molecular complexity index is 554. The maximum Gasteiger partial charge on any atom is 0.253 e. The molecule has 0 radical (unpaired) electrons. The molecule has 24 heavy (non-hydrogen) atoms. The highest BCUT2D eigenvalue weighted by atomic mass is 16.5. The van der Waals surface area contributed by atoms with Crippen LogP contribution in [0, 0.1) is 5.92 Å². The normalized spacial score (nSPS) is 15.3. The molecule has 5 nitrogen and oxygen atoms in total. The molecule has 0 N–H and O–H groups in total. The number of rotatable bonds is 5. The molecule has 0 spiro atoms. The van der Waals surface area contributed by atoms with Crippen LogP contribution in [-0.4, -0.2) is 54.4 Å². The van der Waals surface area contributed by atoms with Gasteiger partial charge in [0.15, 0.2) is 0 Å². The van der Waals surface area contributed by atoms with Crippen molar-refractivity contribution in [3.05, 3.63) is 29.8 Å². The van der Waals surface area contributed by atoms with Gasteiger partial charge in [0, 0.05) is 38.7 Å². The van der Waals surface area contributed by atoms with Gasteiger partial charge in [-0.1, -0.05) is 13.8 Å². The van der Waals surface area contributed by atoms with Gasteiger partial charge in [-0.2, -0.15) is 0 Å². The SMILES string of the molecule is CC(=O)N1CCCN(C(=O)c2ccc(OCCC(C)C)cc2)CC1. The number of nitrogens with zero attached hydrogens (tertiary/aromatic N) is 2. The van der Waals surface area contributed by atoms with E-state index in [1.54, 1.807) is 11.8 Å². The first-order chi connectivity index (χ1) is 11.5. The average Bonchev–Trinajstić information content (AvgIpc) is 2.80. The van der Waals surface area contributed by atoms with E-state index in [4.69, 9.17) is 4.74 Å². The van der Waals surface area contributed by atoms with E-state index in [-0.39, 0.29) is 11.8 Å². The molecule has 2 amide bonds. The molecular formula is C19H28N2O3. The monoisotopic (exact) mass is 332 g/mol. The molecule has 1 saturated heterocycles. The molecule has 1 fully saturated rings. The molecule has 0 unspecified atom stereocenters. The van der Waals surface area contributed by atoms with Crippen molar-refractivity contribution in [3.8, 4) is 5.75 Å². The molecule has 0 atom stereocenters. The Morgan fingerprint density at radius 3 is 2.29 bits per heavy atom. The van der Waals surface area contributed by atoms with Crippen molar-refractivity contribution in [2.45, 2.75) is 33.6 Å². The minimum Gasteiger partial charge on any atom is -0.494 e. The first kappa shape index (κ1) is 18.3. The first-order valence-electron chi connectivity index (χ1n) is 8.75. The van der Waals surface area contributed by atoms with E-state index in [2.05, 4.69) is 13.8 Å². The Hall–Kier alpha value is -2.04. The minimum atomic E-state index is 0.0223. The average molecular weight is 332 g/mol. The summed E-state index contributed by atoms with van der Waals surface area (Å²) in [6, 6.07) is 7.35. The van der Waals surface area contributed by atoms with Gasteiger partial charge >= 0.3 is 0 Å². The maximum atomic E-state index is 12.6. The number of benzene rings is 1. The fourth-order valence-corrected chi connectivity index (χ4v) is 2.72. The van der Waals surface area contributed by atoms with Gasteiger partial charge < -0.3 is 14.5 Å². The molecule has 1 aromatic carbocycles. The van der Waals surface area contributed by atoms with Gasteiger partial charge in [0.2, 0.25) is 5.91 Å². The van der Waals surface area contributed by atoms with Crippen molar-refractivity contribution >= 4 is 11.8 Å². The van der Waals surface area contributed by atoms with Crippen LogP contribution in [0.15, 0.2) is 24.3 Å². The van der Waals surface area contributed by atoms with Gasteiger partial charge in [-0.25, -0.2) is 0 Å². The number of carbonyl (C=O) groups is 2. The van der Waals surface area contributed by atoms with E-state index in [0.717, 1.165) is 25.1 Å². The zero-order valence-electron chi connectivity index (χ0n) is 15.0. The third kappa shape index (κ3) is 5.25. The van der Waals surface area contributed by atoms with Crippen molar-refractivity contribution < 1.29 is 14.3 Å². The third-order valence-corrected chi connectivity index (χ3v) is 4.29. The number of ether oxygens (including phenoxy) is 1. The standard InChI is InChI=1S/C19H28N2O3/c1-15(2)9-14-24-18-7-5-17(6-8-18)19(23)21-11-4-10-20(12-13-21)16(3)22/h5-8,15H,4,9-14H2,1-3H3. The number of hydrogen-bond acceptors (Lipinski definition) is 3. The summed E-state index contributed by atoms with van der Waals surface area (Å²) in [5.74, 6) is 1.51. The van der Waals surface area contributed by atoms with Crippen LogP contribution in [0.2, 0.25) is 0 Å². The predicted octanol–water partition coefficient (Wildman–Crippen LogP) is 2.81. The number of amides is 2. The molecule has 0 aromatic heterocycles. The number of carbonyl (C=O) groups excluding carboxylic acids is 2. The van der Waals surface area contributed by atoms with Crippen molar-refractivity contribution in [2.24, 2.45) is 5.92 Å². The molecule has 2 rings (SSSR count). The summed E-state index contributed by atoms with van der Waals surface area (Å²) in [7, 11) is 0. The molecule has 0 aliphatic carbocycles. The zero-order chi connectivity index (χ0) is 17.5. The van der Waals surface area contributed by atoms with Crippen molar-refractivity contribution in [3.63, 3.8) is 0 Å². The second kappa shape index (κ2) is 8.71. The van der Waals surface area contributed by atoms with Gasteiger partial charge in [-0.05, 0) is 43.0 Å². The first-order valence-corrected chi connectivity index (χ1v) is 8.75. The van der Waals surface area contributed by atoms with Crippen LogP contribution in [0.4, 0.5) is 0 Å². The lowest BCUT2D eigenvalue weighted by Gasteiger charge is -2.21. The van der Waals surface area contributed by atoms with Crippen LogP contribution in [0.5, 0.6) is 5.75 Å².